The maximum absolute atomic E-state index is 15.5. The van der Waals surface area contributed by atoms with Gasteiger partial charge in [0.25, 0.3) is 5.91 Å². The quantitative estimate of drug-likeness (QED) is 0.696. The van der Waals surface area contributed by atoms with E-state index in [1.54, 1.807) is 13.0 Å². The number of aryl methyl sites for hydroxylation is 1. The molecule has 2 aromatic rings. The number of sulfone groups is 1. The first kappa shape index (κ1) is 23.1. The summed E-state index contributed by atoms with van der Waals surface area (Å²) in [5.74, 6) is -1.18. The van der Waals surface area contributed by atoms with Gasteiger partial charge in [-0.1, -0.05) is 0 Å². The Hall–Kier alpha value is -3.08. The number of halogens is 2. The van der Waals surface area contributed by atoms with Crippen LogP contribution < -0.4 is 15.8 Å². The van der Waals surface area contributed by atoms with Crippen LogP contribution in [-0.2, 0) is 15.4 Å². The first-order valence-electron chi connectivity index (χ1n) is 10.3. The minimum absolute atomic E-state index is 0.116. The van der Waals surface area contributed by atoms with Crippen LogP contribution in [-0.4, -0.2) is 42.5 Å². The van der Waals surface area contributed by atoms with Gasteiger partial charge >= 0.3 is 0 Å². The van der Waals surface area contributed by atoms with Gasteiger partial charge in [-0.15, -0.1) is 0 Å². The third-order valence-electron chi connectivity index (χ3n) is 6.51. The lowest BCUT2D eigenvalue weighted by molar-refractivity contribution is 0.102. The average Bonchev–Trinajstić information content (AvgIpc) is 2.72. The Labute approximate surface area is 190 Å². The van der Waals surface area contributed by atoms with E-state index in [1.165, 1.54) is 32.4 Å². The van der Waals surface area contributed by atoms with Gasteiger partial charge in [0, 0.05) is 11.3 Å². The highest BCUT2D eigenvalue weighted by atomic mass is 32.2. The summed E-state index contributed by atoms with van der Waals surface area (Å²) in [6.07, 6.45) is 2.35. The first-order valence-corrected chi connectivity index (χ1v) is 11.9. The lowest BCUT2D eigenvalue weighted by atomic mass is 9.82. The molecule has 1 aromatic heterocycles. The number of alkyl halides is 1. The number of rotatable bonds is 4. The number of amidine groups is 1. The standard InChI is InChI=1S/C22H24F2N4O4S/c1-12-9-14(32-3)11-26-17(12)18(29)27-13-5-6-16(23)15(10-13)21(2)19(24)33(30,31)22(7-4-8-22)20(25)28-21/h5-6,9-11,19H,4,7-8H2,1-3H3,(H2,25,28)(H,27,29)/t19?,21-/m1/s1. The van der Waals surface area contributed by atoms with Crippen molar-refractivity contribution in [1.29, 1.82) is 0 Å². The number of nitrogens with two attached hydrogens (primary N) is 1. The summed E-state index contributed by atoms with van der Waals surface area (Å²) in [5, 5.41) is 2.59. The molecule has 2 heterocycles. The number of amides is 1. The third-order valence-corrected chi connectivity index (χ3v) is 9.22. The van der Waals surface area contributed by atoms with Crippen LogP contribution in [0.15, 0.2) is 35.5 Å². The molecule has 8 nitrogen and oxygen atoms in total. The minimum Gasteiger partial charge on any atom is -0.495 e. The third kappa shape index (κ3) is 3.36. The predicted molar refractivity (Wildman–Crippen MR) is 119 cm³/mol. The number of aromatic nitrogens is 1. The summed E-state index contributed by atoms with van der Waals surface area (Å²) in [4.78, 5) is 21.0. The number of nitrogens with zero attached hydrogens (tertiary/aromatic N) is 2. The van der Waals surface area contributed by atoms with Crippen LogP contribution >= 0.6 is 0 Å². The number of pyridine rings is 1. The molecule has 1 fully saturated rings. The van der Waals surface area contributed by atoms with Crippen LogP contribution in [0.25, 0.3) is 0 Å². The molecule has 1 saturated carbocycles. The van der Waals surface area contributed by atoms with Gasteiger partial charge in [0.15, 0.2) is 9.84 Å². The van der Waals surface area contributed by atoms with Crippen LogP contribution in [0.5, 0.6) is 5.75 Å². The predicted octanol–water partition coefficient (Wildman–Crippen LogP) is 3.01. The van der Waals surface area contributed by atoms with E-state index >= 15 is 4.39 Å². The van der Waals surface area contributed by atoms with Crippen molar-refractivity contribution >= 4 is 27.3 Å². The van der Waals surface area contributed by atoms with Gasteiger partial charge in [-0.25, -0.2) is 22.2 Å². The maximum atomic E-state index is 15.5. The van der Waals surface area contributed by atoms with Gasteiger partial charge in [-0.2, -0.15) is 0 Å². The molecule has 176 valence electrons. The van der Waals surface area contributed by atoms with Crippen LogP contribution in [0.4, 0.5) is 14.5 Å². The highest BCUT2D eigenvalue weighted by molar-refractivity contribution is 7.94. The Morgan fingerprint density at radius 1 is 1.30 bits per heavy atom. The van der Waals surface area contributed by atoms with Crippen LogP contribution in [0.3, 0.4) is 0 Å². The topological polar surface area (TPSA) is 124 Å². The van der Waals surface area contributed by atoms with Gasteiger partial charge < -0.3 is 15.8 Å². The number of ether oxygens (including phenoxy) is 1. The van der Waals surface area contributed by atoms with E-state index in [0.717, 1.165) is 6.07 Å². The summed E-state index contributed by atoms with van der Waals surface area (Å²) in [5.41, 5.74) is 1.86. The van der Waals surface area contributed by atoms with E-state index < -0.39 is 37.4 Å². The summed E-state index contributed by atoms with van der Waals surface area (Å²) >= 11 is 0. The second-order valence-electron chi connectivity index (χ2n) is 8.54. The fourth-order valence-electron chi connectivity index (χ4n) is 4.35. The van der Waals surface area contributed by atoms with Crippen LogP contribution in [0.1, 0.15) is 47.8 Å². The molecular formula is C22H24F2N4O4S. The molecule has 2 aliphatic rings. The summed E-state index contributed by atoms with van der Waals surface area (Å²) < 4.78 is 59.9. The maximum Gasteiger partial charge on any atom is 0.274 e. The smallest absolute Gasteiger partial charge is 0.274 e. The van der Waals surface area contributed by atoms with Gasteiger partial charge in [0.05, 0.1) is 13.3 Å². The number of aliphatic imine (C=N–C) groups is 1. The lowest BCUT2D eigenvalue weighted by Gasteiger charge is -2.48. The molecule has 1 amide bonds. The van der Waals surface area contributed by atoms with Gasteiger partial charge in [-0.3, -0.25) is 9.79 Å². The van der Waals surface area contributed by atoms with Crippen molar-refractivity contribution in [2.45, 2.75) is 48.9 Å². The Kier molecular flexibility index (Phi) is 5.43. The largest absolute Gasteiger partial charge is 0.495 e. The lowest BCUT2D eigenvalue weighted by Crippen LogP contribution is -2.64. The van der Waals surface area contributed by atoms with Crippen molar-refractivity contribution in [3.05, 3.63) is 53.1 Å². The number of carbonyl (C=O) groups is 1. The van der Waals surface area contributed by atoms with Crippen LogP contribution in [0, 0.1) is 12.7 Å². The van der Waals surface area contributed by atoms with Crippen LogP contribution in [0.2, 0.25) is 0 Å². The molecule has 1 aliphatic carbocycles. The molecule has 33 heavy (non-hydrogen) atoms. The number of nitrogens with one attached hydrogen (secondary N) is 1. The number of anilines is 1. The van der Waals surface area contributed by atoms with Crippen molar-refractivity contribution in [1.82, 2.24) is 4.98 Å². The molecular weight excluding hydrogens is 454 g/mol. The fourth-order valence-corrected chi connectivity index (χ4v) is 6.72. The molecule has 1 spiro atoms. The number of hydrogen-bond acceptors (Lipinski definition) is 7. The Balaban J connectivity index is 1.71. The van der Waals surface area contributed by atoms with E-state index in [0.29, 0.717) is 17.7 Å². The van der Waals surface area contributed by atoms with Gasteiger partial charge in [-0.05, 0) is 62.9 Å². The molecule has 0 radical (unpaired) electrons. The molecule has 11 heteroatoms. The van der Waals surface area contributed by atoms with E-state index in [4.69, 9.17) is 10.5 Å². The number of methoxy groups -OCH3 is 1. The van der Waals surface area contributed by atoms with E-state index in [1.807, 2.05) is 0 Å². The van der Waals surface area contributed by atoms with Gasteiger partial charge in [0.1, 0.15) is 33.4 Å². The second-order valence-corrected chi connectivity index (χ2v) is 10.8. The van der Waals surface area contributed by atoms with Crippen molar-refractivity contribution in [3.8, 4) is 5.75 Å². The van der Waals surface area contributed by atoms with Crippen molar-refractivity contribution in [3.63, 3.8) is 0 Å². The summed E-state index contributed by atoms with van der Waals surface area (Å²) in [6.45, 7) is 2.86. The number of carbonyl (C=O) groups excluding carboxylic acids is 1. The first-order chi connectivity index (χ1) is 15.5. The highest BCUT2D eigenvalue weighted by Gasteiger charge is 2.64. The fraction of sp³-hybridized carbons (Fsp3) is 0.409. The Morgan fingerprint density at radius 2 is 2.00 bits per heavy atom. The molecule has 2 atom stereocenters. The minimum atomic E-state index is -4.38. The number of benzene rings is 1. The zero-order valence-corrected chi connectivity index (χ0v) is 19.2. The van der Waals surface area contributed by atoms with Crippen molar-refractivity contribution in [2.24, 2.45) is 10.7 Å². The highest BCUT2D eigenvalue weighted by Crippen LogP contribution is 2.51. The zero-order chi connectivity index (χ0) is 24.2. The van der Waals surface area contributed by atoms with Crippen molar-refractivity contribution in [2.75, 3.05) is 12.4 Å². The van der Waals surface area contributed by atoms with E-state index in [-0.39, 0.29) is 35.6 Å². The van der Waals surface area contributed by atoms with Gasteiger partial charge in [0.2, 0.25) is 5.50 Å². The zero-order valence-electron chi connectivity index (χ0n) is 18.4. The SMILES string of the molecule is COc1cnc(C(=O)Nc2ccc(F)c([C@@]3(C)N=C(N)C4(CCC4)S(=O)(=O)C3F)c2)c(C)c1. The normalized spacial score (nSPS) is 25.1. The Bertz CT molecular complexity index is 1280. The molecule has 0 saturated heterocycles. The van der Waals surface area contributed by atoms with E-state index in [2.05, 4.69) is 15.3 Å². The van der Waals surface area contributed by atoms with E-state index in [9.17, 15) is 17.6 Å². The summed E-state index contributed by atoms with van der Waals surface area (Å²) in [6, 6.07) is 5.10. The average molecular weight is 479 g/mol. The molecule has 0 bridgehead atoms. The monoisotopic (exact) mass is 478 g/mol. The molecule has 3 N–H and O–H groups in total. The summed E-state index contributed by atoms with van der Waals surface area (Å²) in [7, 11) is -2.90. The number of hydrogen-bond donors (Lipinski definition) is 2. The Morgan fingerprint density at radius 3 is 2.58 bits per heavy atom. The second kappa shape index (κ2) is 7.75. The molecule has 1 aliphatic heterocycles. The molecule has 1 aromatic carbocycles. The molecule has 1 unspecified atom stereocenters. The molecule has 4 rings (SSSR count). The van der Waals surface area contributed by atoms with Crippen molar-refractivity contribution < 1.29 is 26.7 Å².